The van der Waals surface area contributed by atoms with E-state index in [1.807, 2.05) is 0 Å². The van der Waals surface area contributed by atoms with Gasteiger partial charge in [0.25, 0.3) is 0 Å². The van der Waals surface area contributed by atoms with Crippen molar-refractivity contribution in [2.24, 2.45) is 11.8 Å². The Hall–Kier alpha value is -1.84. The van der Waals surface area contributed by atoms with Crippen molar-refractivity contribution in [2.45, 2.75) is 48.5 Å². The topological polar surface area (TPSA) is 104 Å². The lowest BCUT2D eigenvalue weighted by Crippen LogP contribution is -2.48. The first-order valence-electron chi connectivity index (χ1n) is 10.8. The van der Waals surface area contributed by atoms with E-state index in [2.05, 4.69) is 25.2 Å². The van der Waals surface area contributed by atoms with Gasteiger partial charge in [-0.05, 0) is 43.9 Å². The molecule has 0 radical (unpaired) electrons. The number of nitrogens with one attached hydrogen (secondary N) is 1. The summed E-state index contributed by atoms with van der Waals surface area (Å²) in [7, 11) is -1.21. The number of nitrogens with zero attached hydrogens (tertiary/aromatic N) is 5. The molecule has 31 heavy (non-hydrogen) atoms. The van der Waals surface area contributed by atoms with Crippen LogP contribution in [0.15, 0.2) is 23.5 Å². The van der Waals surface area contributed by atoms with Crippen molar-refractivity contribution in [1.82, 2.24) is 19.9 Å². The lowest BCUT2D eigenvalue weighted by Gasteiger charge is -2.41. The zero-order valence-electron chi connectivity index (χ0n) is 17.5. The second-order valence-electron chi connectivity index (χ2n) is 9.11. The smallest absolute Gasteiger partial charge is 0.227 e. The van der Waals surface area contributed by atoms with E-state index in [9.17, 15) is 9.32 Å². The molecule has 0 amide bonds. The molecule has 2 aliphatic carbocycles. The Labute approximate surface area is 189 Å². The highest BCUT2D eigenvalue weighted by molar-refractivity contribution is 7.84. The molecule has 3 fully saturated rings. The zero-order valence-corrected chi connectivity index (χ0v) is 19.1. The summed E-state index contributed by atoms with van der Waals surface area (Å²) in [6, 6.07) is 0. The van der Waals surface area contributed by atoms with E-state index in [4.69, 9.17) is 16.6 Å². The van der Waals surface area contributed by atoms with E-state index >= 15 is 0 Å². The van der Waals surface area contributed by atoms with Gasteiger partial charge in [-0.2, -0.15) is 4.98 Å². The molecule has 0 bridgehead atoms. The van der Waals surface area contributed by atoms with E-state index < -0.39 is 10.8 Å². The maximum absolute atomic E-state index is 12.2. The van der Waals surface area contributed by atoms with Gasteiger partial charge in [0, 0.05) is 37.7 Å². The van der Waals surface area contributed by atoms with Crippen LogP contribution >= 0.6 is 11.6 Å². The average Bonchev–Trinajstić information content (AvgIpc) is 3.30. The maximum Gasteiger partial charge on any atom is 0.227 e. The van der Waals surface area contributed by atoms with Gasteiger partial charge < -0.3 is 15.3 Å². The van der Waals surface area contributed by atoms with Crippen LogP contribution in [-0.4, -0.2) is 60.7 Å². The second kappa shape index (κ2) is 8.26. The van der Waals surface area contributed by atoms with E-state index in [0.717, 1.165) is 51.0 Å². The van der Waals surface area contributed by atoms with Gasteiger partial charge in [0.05, 0.1) is 39.1 Å². The molecule has 1 saturated heterocycles. The molecule has 2 aromatic rings. The Balaban J connectivity index is 1.31. The Morgan fingerprint density at radius 1 is 1.19 bits per heavy atom. The fourth-order valence-corrected chi connectivity index (χ4v) is 5.87. The van der Waals surface area contributed by atoms with Crippen molar-refractivity contribution in [3.8, 4) is 0 Å². The average molecular weight is 463 g/mol. The molecular formula is C21H27ClN6O2S. The molecule has 3 aliphatic rings. The molecular weight excluding hydrogens is 436 g/mol. The summed E-state index contributed by atoms with van der Waals surface area (Å²) >= 11 is 5.92. The normalized spacial score (nSPS) is 27.6. The van der Waals surface area contributed by atoms with Gasteiger partial charge in [0.2, 0.25) is 5.95 Å². The highest BCUT2D eigenvalue weighted by Crippen LogP contribution is 2.46. The van der Waals surface area contributed by atoms with Crippen molar-refractivity contribution in [1.29, 1.82) is 0 Å². The largest absolute Gasteiger partial charge is 0.394 e. The molecule has 0 aromatic carbocycles. The van der Waals surface area contributed by atoms with Crippen LogP contribution in [0.25, 0.3) is 0 Å². The minimum atomic E-state index is -1.21. The summed E-state index contributed by atoms with van der Waals surface area (Å²) in [6.45, 7) is 1.84. The monoisotopic (exact) mass is 462 g/mol. The number of aromatic nitrogens is 4. The number of anilines is 2. The third-order valence-electron chi connectivity index (χ3n) is 7.09. The molecule has 2 saturated carbocycles. The molecule has 8 nitrogen and oxygen atoms in total. The van der Waals surface area contributed by atoms with Crippen molar-refractivity contribution in [2.75, 3.05) is 36.2 Å². The van der Waals surface area contributed by atoms with Gasteiger partial charge in [-0.15, -0.1) is 0 Å². The molecule has 2 unspecified atom stereocenters. The number of fused-ring (bicyclic) bond motifs is 1. The Morgan fingerprint density at radius 2 is 1.87 bits per heavy atom. The van der Waals surface area contributed by atoms with E-state index in [1.54, 1.807) is 24.8 Å². The first-order valence-corrected chi connectivity index (χ1v) is 12.7. The lowest BCUT2D eigenvalue weighted by molar-refractivity contribution is 0.143. The van der Waals surface area contributed by atoms with Gasteiger partial charge >= 0.3 is 0 Å². The summed E-state index contributed by atoms with van der Waals surface area (Å²) < 4.78 is 12.2. The van der Waals surface area contributed by atoms with Gasteiger partial charge in [-0.25, -0.2) is 15.0 Å². The van der Waals surface area contributed by atoms with Crippen molar-refractivity contribution in [3.63, 3.8) is 0 Å². The van der Waals surface area contributed by atoms with Crippen LogP contribution in [0.5, 0.6) is 0 Å². The summed E-state index contributed by atoms with van der Waals surface area (Å²) in [4.78, 5) is 21.0. The third kappa shape index (κ3) is 4.03. The van der Waals surface area contributed by atoms with Crippen molar-refractivity contribution < 1.29 is 9.32 Å². The first kappa shape index (κ1) is 21.0. The van der Waals surface area contributed by atoms with Crippen LogP contribution in [0.4, 0.5) is 11.8 Å². The predicted octanol–water partition coefficient (Wildman–Crippen LogP) is 2.61. The van der Waals surface area contributed by atoms with Crippen molar-refractivity contribution >= 4 is 34.2 Å². The van der Waals surface area contributed by atoms with Crippen LogP contribution in [0.2, 0.25) is 5.02 Å². The fraction of sp³-hybridized carbons (Fsp3) is 0.619. The summed E-state index contributed by atoms with van der Waals surface area (Å²) in [5, 5.41) is 13.8. The standard InChI is InChI=1S/C21H27ClN6O2S/c1-31(30)17-9-25-20(26-19(17)27-21(12-29)3-2-4-21)28-10-14-5-13(6-15(14)11-28)18-23-7-16(22)8-24-18/h7-9,13-15,29H,2-6,10-12H2,1H3,(H,25,26,27)/t13?,14?,15?,31-/m0/s1. The second-order valence-corrected chi connectivity index (χ2v) is 10.9. The highest BCUT2D eigenvalue weighted by atomic mass is 35.5. The van der Waals surface area contributed by atoms with E-state index in [-0.39, 0.29) is 12.1 Å². The number of rotatable bonds is 6. The molecule has 3 heterocycles. The highest BCUT2D eigenvalue weighted by Gasteiger charge is 2.43. The summed E-state index contributed by atoms with van der Waals surface area (Å²) in [5.41, 5.74) is -0.354. The summed E-state index contributed by atoms with van der Waals surface area (Å²) in [5.74, 6) is 3.62. The quantitative estimate of drug-likeness (QED) is 0.675. The number of halogens is 1. The molecule has 10 heteroatoms. The molecule has 5 rings (SSSR count). The molecule has 2 N–H and O–H groups in total. The van der Waals surface area contributed by atoms with Crippen LogP contribution in [0.3, 0.4) is 0 Å². The number of hydrogen-bond acceptors (Lipinski definition) is 8. The van der Waals surface area contributed by atoms with E-state index in [1.165, 1.54) is 0 Å². The molecule has 2 aromatic heterocycles. The number of hydrogen-bond donors (Lipinski definition) is 2. The van der Waals surface area contributed by atoms with Crippen LogP contribution < -0.4 is 10.2 Å². The molecule has 166 valence electrons. The Kier molecular flexibility index (Phi) is 5.60. The third-order valence-corrected chi connectivity index (χ3v) is 8.20. The van der Waals surface area contributed by atoms with Crippen LogP contribution in [0, 0.1) is 11.8 Å². The van der Waals surface area contributed by atoms with Crippen LogP contribution in [-0.2, 0) is 10.8 Å². The van der Waals surface area contributed by atoms with E-state index in [0.29, 0.717) is 39.4 Å². The predicted molar refractivity (Wildman–Crippen MR) is 120 cm³/mol. The number of aliphatic hydroxyl groups is 1. The zero-order chi connectivity index (χ0) is 21.6. The fourth-order valence-electron chi connectivity index (χ4n) is 5.20. The van der Waals surface area contributed by atoms with Gasteiger partial charge in [-0.1, -0.05) is 11.6 Å². The Morgan fingerprint density at radius 3 is 2.42 bits per heavy atom. The minimum Gasteiger partial charge on any atom is -0.394 e. The van der Waals surface area contributed by atoms with Crippen LogP contribution in [0.1, 0.15) is 43.8 Å². The molecule has 1 aliphatic heterocycles. The lowest BCUT2D eigenvalue weighted by atomic mass is 9.77. The van der Waals surface area contributed by atoms with Gasteiger partial charge in [0.1, 0.15) is 11.6 Å². The van der Waals surface area contributed by atoms with Crippen molar-refractivity contribution in [3.05, 3.63) is 29.4 Å². The molecule has 0 spiro atoms. The minimum absolute atomic E-state index is 0.0458. The summed E-state index contributed by atoms with van der Waals surface area (Å²) in [6.07, 6.45) is 11.6. The Bertz CT molecular complexity index is 967. The number of aliphatic hydroxyl groups excluding tert-OH is 1. The molecule has 3 atom stereocenters. The first-order chi connectivity index (χ1) is 15.0. The van der Waals surface area contributed by atoms with Gasteiger partial charge in [0.15, 0.2) is 0 Å². The van der Waals surface area contributed by atoms with Gasteiger partial charge in [-0.3, -0.25) is 4.21 Å². The maximum atomic E-state index is 12.2. The SMILES string of the molecule is C[S@](=O)c1cnc(N2CC3CC(c4ncc(Cl)cn4)CC3C2)nc1NC1(CO)CCC1.